The number of nitrogens with one attached hydrogen (secondary N) is 1. The molecule has 0 aromatic heterocycles. The highest BCUT2D eigenvalue weighted by Crippen LogP contribution is 2.24. The quantitative estimate of drug-likeness (QED) is 0.595. The Morgan fingerprint density at radius 1 is 1.00 bits per heavy atom. The van der Waals surface area contributed by atoms with Crippen LogP contribution in [0.5, 0.6) is 0 Å². The molecule has 1 N–H and O–H groups in total. The average Bonchev–Trinajstić information content (AvgIpc) is 2.63. The Kier molecular flexibility index (Phi) is 7.08. The van der Waals surface area contributed by atoms with Gasteiger partial charge in [-0.25, -0.2) is 0 Å². The van der Waals surface area contributed by atoms with Gasteiger partial charge in [0.15, 0.2) is 0 Å². The molecular weight excluding hydrogens is 182 g/mol. The minimum Gasteiger partial charge on any atom is -0.314 e. The van der Waals surface area contributed by atoms with Gasteiger partial charge in [0.25, 0.3) is 0 Å². The van der Waals surface area contributed by atoms with E-state index in [0.717, 1.165) is 12.0 Å². The lowest BCUT2D eigenvalue weighted by atomic mass is 10.1. The zero-order chi connectivity index (χ0) is 10.9. The van der Waals surface area contributed by atoms with Gasteiger partial charge in [-0.05, 0) is 31.7 Å². The highest BCUT2D eigenvalue weighted by molar-refractivity contribution is 4.79. The van der Waals surface area contributed by atoms with Gasteiger partial charge in [0.2, 0.25) is 0 Å². The third-order valence-corrected chi connectivity index (χ3v) is 3.80. The maximum Gasteiger partial charge on any atom is 0.00926 e. The molecule has 0 spiro atoms. The fourth-order valence-electron chi connectivity index (χ4n) is 2.64. The lowest BCUT2D eigenvalue weighted by molar-refractivity contribution is 0.419. The Morgan fingerprint density at radius 2 is 1.73 bits per heavy atom. The fourth-order valence-corrected chi connectivity index (χ4v) is 2.64. The van der Waals surface area contributed by atoms with Crippen LogP contribution in [0.4, 0.5) is 0 Å². The third kappa shape index (κ3) is 5.55. The summed E-state index contributed by atoms with van der Waals surface area (Å²) in [6.45, 7) is 5.93. The van der Waals surface area contributed by atoms with Gasteiger partial charge in [-0.3, -0.25) is 0 Å². The van der Waals surface area contributed by atoms with Crippen LogP contribution in [0.3, 0.4) is 0 Å². The molecule has 1 fully saturated rings. The Balaban J connectivity index is 1.84. The molecule has 1 saturated carbocycles. The smallest absolute Gasteiger partial charge is 0.00926 e. The zero-order valence-electron chi connectivity index (χ0n) is 10.7. The predicted octanol–water partition coefficient (Wildman–Crippen LogP) is 4.13. The summed E-state index contributed by atoms with van der Waals surface area (Å²) < 4.78 is 0. The third-order valence-electron chi connectivity index (χ3n) is 3.80. The van der Waals surface area contributed by atoms with E-state index in [0.29, 0.717) is 0 Å². The number of unbranched alkanes of at least 4 members (excludes halogenated alkanes) is 5. The van der Waals surface area contributed by atoms with Crippen molar-refractivity contribution in [1.82, 2.24) is 5.32 Å². The van der Waals surface area contributed by atoms with Gasteiger partial charge < -0.3 is 5.32 Å². The molecule has 1 heteroatoms. The predicted molar refractivity (Wildman–Crippen MR) is 68.2 cm³/mol. The van der Waals surface area contributed by atoms with E-state index in [9.17, 15) is 0 Å². The molecule has 0 aromatic carbocycles. The molecule has 0 saturated heterocycles. The van der Waals surface area contributed by atoms with E-state index in [4.69, 9.17) is 0 Å². The summed E-state index contributed by atoms with van der Waals surface area (Å²) in [6, 6.07) is 0.834. The van der Waals surface area contributed by atoms with Crippen molar-refractivity contribution in [2.45, 2.75) is 77.7 Å². The second kappa shape index (κ2) is 8.15. The SMILES string of the molecule is CCCCCCCCNC1CCCC1C. The van der Waals surface area contributed by atoms with Crippen LogP contribution in [0.1, 0.15) is 71.6 Å². The summed E-state index contributed by atoms with van der Waals surface area (Å²) in [6.07, 6.45) is 12.8. The van der Waals surface area contributed by atoms with Gasteiger partial charge in [-0.15, -0.1) is 0 Å². The molecule has 2 unspecified atom stereocenters. The molecule has 0 radical (unpaired) electrons. The highest BCUT2D eigenvalue weighted by atomic mass is 14.9. The first-order valence-electron chi connectivity index (χ1n) is 7.08. The first-order chi connectivity index (χ1) is 7.34. The van der Waals surface area contributed by atoms with Crippen molar-refractivity contribution in [2.75, 3.05) is 6.54 Å². The van der Waals surface area contributed by atoms with E-state index in [2.05, 4.69) is 19.2 Å². The van der Waals surface area contributed by atoms with Gasteiger partial charge in [0.05, 0.1) is 0 Å². The monoisotopic (exact) mass is 211 g/mol. The fraction of sp³-hybridized carbons (Fsp3) is 1.00. The van der Waals surface area contributed by atoms with Gasteiger partial charge in [-0.1, -0.05) is 52.4 Å². The standard InChI is InChI=1S/C14H29N/c1-3-4-5-6-7-8-12-15-14-11-9-10-13(14)2/h13-15H,3-12H2,1-2H3. The zero-order valence-corrected chi connectivity index (χ0v) is 10.7. The van der Waals surface area contributed by atoms with E-state index in [1.54, 1.807) is 0 Å². The van der Waals surface area contributed by atoms with Crippen LogP contribution in [0, 0.1) is 5.92 Å². The van der Waals surface area contributed by atoms with E-state index < -0.39 is 0 Å². The molecule has 1 aliphatic carbocycles. The normalized spacial score (nSPS) is 26.0. The number of hydrogen-bond acceptors (Lipinski definition) is 1. The summed E-state index contributed by atoms with van der Waals surface area (Å²) in [4.78, 5) is 0. The van der Waals surface area contributed by atoms with Crippen molar-refractivity contribution < 1.29 is 0 Å². The van der Waals surface area contributed by atoms with E-state index in [1.165, 1.54) is 64.3 Å². The van der Waals surface area contributed by atoms with Crippen molar-refractivity contribution >= 4 is 0 Å². The second-order valence-corrected chi connectivity index (χ2v) is 5.24. The molecule has 0 aliphatic heterocycles. The summed E-state index contributed by atoms with van der Waals surface area (Å²) in [5.74, 6) is 0.921. The van der Waals surface area contributed by atoms with E-state index >= 15 is 0 Å². The molecule has 0 bridgehead atoms. The van der Waals surface area contributed by atoms with Crippen LogP contribution in [0.25, 0.3) is 0 Å². The maximum absolute atomic E-state index is 3.72. The lowest BCUT2D eigenvalue weighted by Crippen LogP contribution is -2.31. The minimum absolute atomic E-state index is 0.834. The largest absolute Gasteiger partial charge is 0.314 e. The van der Waals surface area contributed by atoms with Crippen molar-refractivity contribution in [1.29, 1.82) is 0 Å². The summed E-state index contributed by atoms with van der Waals surface area (Å²) in [5, 5.41) is 3.72. The molecule has 2 atom stereocenters. The van der Waals surface area contributed by atoms with Crippen LogP contribution < -0.4 is 5.32 Å². The number of hydrogen-bond donors (Lipinski definition) is 1. The summed E-state index contributed by atoms with van der Waals surface area (Å²) >= 11 is 0. The second-order valence-electron chi connectivity index (χ2n) is 5.24. The Bertz CT molecular complexity index is 144. The van der Waals surface area contributed by atoms with Crippen LogP contribution in [-0.2, 0) is 0 Å². The van der Waals surface area contributed by atoms with E-state index in [-0.39, 0.29) is 0 Å². The summed E-state index contributed by atoms with van der Waals surface area (Å²) in [7, 11) is 0. The average molecular weight is 211 g/mol. The topological polar surface area (TPSA) is 12.0 Å². The van der Waals surface area contributed by atoms with Crippen molar-refractivity contribution in [3.05, 3.63) is 0 Å². The minimum atomic E-state index is 0.834. The van der Waals surface area contributed by atoms with Gasteiger partial charge in [0, 0.05) is 6.04 Å². The lowest BCUT2D eigenvalue weighted by Gasteiger charge is -2.16. The van der Waals surface area contributed by atoms with Crippen LogP contribution in [0.2, 0.25) is 0 Å². The molecule has 1 rings (SSSR count). The van der Waals surface area contributed by atoms with Crippen molar-refractivity contribution in [3.8, 4) is 0 Å². The molecule has 0 aromatic rings. The van der Waals surface area contributed by atoms with Gasteiger partial charge in [-0.2, -0.15) is 0 Å². The van der Waals surface area contributed by atoms with Crippen LogP contribution in [0.15, 0.2) is 0 Å². The molecule has 90 valence electrons. The first-order valence-corrected chi connectivity index (χ1v) is 7.08. The Morgan fingerprint density at radius 3 is 2.40 bits per heavy atom. The first kappa shape index (κ1) is 13.0. The van der Waals surface area contributed by atoms with Crippen molar-refractivity contribution in [2.24, 2.45) is 5.92 Å². The summed E-state index contributed by atoms with van der Waals surface area (Å²) in [5.41, 5.74) is 0. The van der Waals surface area contributed by atoms with Crippen molar-refractivity contribution in [3.63, 3.8) is 0 Å². The van der Waals surface area contributed by atoms with Gasteiger partial charge >= 0.3 is 0 Å². The van der Waals surface area contributed by atoms with Gasteiger partial charge in [0.1, 0.15) is 0 Å². The van der Waals surface area contributed by atoms with Crippen LogP contribution >= 0.6 is 0 Å². The van der Waals surface area contributed by atoms with Crippen LogP contribution in [-0.4, -0.2) is 12.6 Å². The number of rotatable bonds is 8. The maximum atomic E-state index is 3.72. The molecule has 1 nitrogen and oxygen atoms in total. The molecule has 15 heavy (non-hydrogen) atoms. The molecule has 0 amide bonds. The Hall–Kier alpha value is -0.0400. The molecule has 1 aliphatic rings. The van der Waals surface area contributed by atoms with E-state index in [1.807, 2.05) is 0 Å². The Labute approximate surface area is 96.0 Å². The highest BCUT2D eigenvalue weighted by Gasteiger charge is 2.21. The molecular formula is C14H29N. The molecule has 0 heterocycles.